The van der Waals surface area contributed by atoms with Crippen LogP contribution < -0.4 is 5.32 Å². The number of aromatic nitrogens is 1. The molecule has 1 saturated carbocycles. The Hall–Kier alpha value is -0.450. The summed E-state index contributed by atoms with van der Waals surface area (Å²) < 4.78 is 0. The number of nitrogens with zero attached hydrogens (tertiary/aromatic N) is 2. The van der Waals surface area contributed by atoms with Crippen molar-refractivity contribution in [3.8, 4) is 0 Å². The van der Waals surface area contributed by atoms with E-state index in [1.165, 1.54) is 41.3 Å². The molecule has 1 aliphatic carbocycles. The lowest BCUT2D eigenvalue weighted by molar-refractivity contribution is 0.245. The first-order chi connectivity index (χ1) is 8.66. The van der Waals surface area contributed by atoms with E-state index in [2.05, 4.69) is 36.1 Å². The Morgan fingerprint density at radius 1 is 1.33 bits per heavy atom. The van der Waals surface area contributed by atoms with E-state index in [0.717, 1.165) is 25.7 Å². The van der Waals surface area contributed by atoms with Gasteiger partial charge in [0.1, 0.15) is 0 Å². The molecule has 0 unspecified atom stereocenters. The third-order valence-corrected chi connectivity index (χ3v) is 4.95. The third kappa shape index (κ3) is 3.77. The third-order valence-electron chi connectivity index (χ3n) is 3.87. The largest absolute Gasteiger partial charge is 0.311 e. The van der Waals surface area contributed by atoms with Gasteiger partial charge in [-0.05, 0) is 33.7 Å². The second-order valence-corrected chi connectivity index (χ2v) is 6.62. The van der Waals surface area contributed by atoms with Crippen LogP contribution in [-0.2, 0) is 6.54 Å². The maximum atomic E-state index is 4.46. The summed E-state index contributed by atoms with van der Waals surface area (Å²) in [7, 11) is 2.26. The van der Waals surface area contributed by atoms with Gasteiger partial charge in [0.05, 0.1) is 10.7 Å². The SMILES string of the molecule is Cc1nc(C)c(CNCCN(C)C2CCCC2)s1. The summed E-state index contributed by atoms with van der Waals surface area (Å²) in [6.07, 6.45) is 5.62. The number of likely N-dealkylation sites (N-methyl/N-ethyl adjacent to an activating group) is 1. The number of thiazole rings is 1. The monoisotopic (exact) mass is 267 g/mol. The Morgan fingerprint density at radius 3 is 2.67 bits per heavy atom. The molecule has 1 heterocycles. The summed E-state index contributed by atoms with van der Waals surface area (Å²) in [5.41, 5.74) is 1.19. The second-order valence-electron chi connectivity index (χ2n) is 5.34. The van der Waals surface area contributed by atoms with E-state index < -0.39 is 0 Å². The van der Waals surface area contributed by atoms with Gasteiger partial charge in [-0.15, -0.1) is 11.3 Å². The minimum Gasteiger partial charge on any atom is -0.311 e. The molecule has 0 saturated heterocycles. The summed E-state index contributed by atoms with van der Waals surface area (Å²) in [6, 6.07) is 0.833. The van der Waals surface area contributed by atoms with Crippen LogP contribution in [0.4, 0.5) is 0 Å². The van der Waals surface area contributed by atoms with Gasteiger partial charge in [-0.25, -0.2) is 4.98 Å². The van der Waals surface area contributed by atoms with Crippen LogP contribution in [0.3, 0.4) is 0 Å². The molecule has 0 aliphatic heterocycles. The van der Waals surface area contributed by atoms with Crippen LogP contribution in [0.15, 0.2) is 0 Å². The minimum absolute atomic E-state index is 0.833. The summed E-state index contributed by atoms with van der Waals surface area (Å²) >= 11 is 1.81. The lowest BCUT2D eigenvalue weighted by Gasteiger charge is -2.23. The van der Waals surface area contributed by atoms with Crippen LogP contribution >= 0.6 is 11.3 Å². The van der Waals surface area contributed by atoms with Crippen molar-refractivity contribution in [1.29, 1.82) is 0 Å². The Morgan fingerprint density at radius 2 is 2.06 bits per heavy atom. The molecular weight excluding hydrogens is 242 g/mol. The molecule has 0 spiro atoms. The number of aryl methyl sites for hydroxylation is 2. The van der Waals surface area contributed by atoms with Crippen molar-refractivity contribution in [2.24, 2.45) is 0 Å². The Labute approximate surface area is 115 Å². The second kappa shape index (κ2) is 6.64. The number of rotatable bonds is 6. The predicted octanol–water partition coefficient (Wildman–Crippen LogP) is 2.72. The lowest BCUT2D eigenvalue weighted by Crippen LogP contribution is -2.35. The number of nitrogens with one attached hydrogen (secondary N) is 1. The fraction of sp³-hybridized carbons (Fsp3) is 0.786. The molecule has 0 aromatic carbocycles. The molecule has 18 heavy (non-hydrogen) atoms. The molecular formula is C14H25N3S. The van der Waals surface area contributed by atoms with Crippen molar-refractivity contribution in [3.63, 3.8) is 0 Å². The molecule has 4 heteroatoms. The predicted molar refractivity (Wildman–Crippen MR) is 78.2 cm³/mol. The Bertz CT molecular complexity index is 369. The van der Waals surface area contributed by atoms with Gasteiger partial charge in [0.15, 0.2) is 0 Å². The van der Waals surface area contributed by atoms with Gasteiger partial charge in [0, 0.05) is 30.6 Å². The molecule has 0 radical (unpaired) electrons. The van der Waals surface area contributed by atoms with E-state index in [4.69, 9.17) is 0 Å². The zero-order valence-electron chi connectivity index (χ0n) is 11.8. The average molecular weight is 267 g/mol. The highest BCUT2D eigenvalue weighted by atomic mass is 32.1. The van der Waals surface area contributed by atoms with Crippen molar-refractivity contribution in [2.45, 2.75) is 52.1 Å². The van der Waals surface area contributed by atoms with E-state index in [9.17, 15) is 0 Å². The smallest absolute Gasteiger partial charge is 0.0900 e. The fourth-order valence-corrected chi connectivity index (χ4v) is 3.63. The van der Waals surface area contributed by atoms with E-state index >= 15 is 0 Å². The van der Waals surface area contributed by atoms with Crippen molar-refractivity contribution in [2.75, 3.05) is 20.1 Å². The van der Waals surface area contributed by atoms with Gasteiger partial charge >= 0.3 is 0 Å². The van der Waals surface area contributed by atoms with Crippen LogP contribution in [0.25, 0.3) is 0 Å². The van der Waals surface area contributed by atoms with Gasteiger partial charge in [-0.2, -0.15) is 0 Å². The first kappa shape index (κ1) is 14.0. The molecule has 0 amide bonds. The zero-order chi connectivity index (χ0) is 13.0. The zero-order valence-corrected chi connectivity index (χ0v) is 12.6. The van der Waals surface area contributed by atoms with Crippen LogP contribution in [0.2, 0.25) is 0 Å². The van der Waals surface area contributed by atoms with E-state index in [1.54, 1.807) is 0 Å². The molecule has 1 fully saturated rings. The molecule has 1 aromatic heterocycles. The Kier molecular flexibility index (Phi) is 5.15. The summed E-state index contributed by atoms with van der Waals surface area (Å²) in [4.78, 5) is 8.36. The molecule has 1 N–H and O–H groups in total. The standard InChI is InChI=1S/C14H25N3S/c1-11-14(18-12(2)16-11)10-15-8-9-17(3)13-6-4-5-7-13/h13,15H,4-10H2,1-3H3. The maximum Gasteiger partial charge on any atom is 0.0900 e. The average Bonchev–Trinajstić information content (AvgIpc) is 2.94. The van der Waals surface area contributed by atoms with E-state index in [-0.39, 0.29) is 0 Å². The van der Waals surface area contributed by atoms with Crippen molar-refractivity contribution >= 4 is 11.3 Å². The van der Waals surface area contributed by atoms with Crippen molar-refractivity contribution < 1.29 is 0 Å². The molecule has 0 atom stereocenters. The van der Waals surface area contributed by atoms with Gasteiger partial charge in [-0.1, -0.05) is 12.8 Å². The van der Waals surface area contributed by atoms with E-state index in [0.29, 0.717) is 0 Å². The van der Waals surface area contributed by atoms with Crippen molar-refractivity contribution in [1.82, 2.24) is 15.2 Å². The maximum absolute atomic E-state index is 4.46. The van der Waals surface area contributed by atoms with Gasteiger partial charge in [0.2, 0.25) is 0 Å². The van der Waals surface area contributed by atoms with Crippen LogP contribution in [0.1, 0.15) is 41.3 Å². The summed E-state index contributed by atoms with van der Waals surface area (Å²) in [6.45, 7) is 7.38. The normalized spacial score (nSPS) is 16.9. The Balaban J connectivity index is 1.65. The molecule has 3 nitrogen and oxygen atoms in total. The molecule has 102 valence electrons. The van der Waals surface area contributed by atoms with Gasteiger partial charge < -0.3 is 10.2 Å². The minimum atomic E-state index is 0.833. The topological polar surface area (TPSA) is 28.2 Å². The fourth-order valence-electron chi connectivity index (χ4n) is 2.72. The van der Waals surface area contributed by atoms with Crippen LogP contribution in [0.5, 0.6) is 0 Å². The van der Waals surface area contributed by atoms with Crippen molar-refractivity contribution in [3.05, 3.63) is 15.6 Å². The lowest BCUT2D eigenvalue weighted by atomic mass is 10.2. The van der Waals surface area contributed by atoms with Crippen LogP contribution in [0, 0.1) is 13.8 Å². The molecule has 0 bridgehead atoms. The summed E-state index contributed by atoms with van der Waals surface area (Å²) in [5, 5.41) is 4.71. The first-order valence-corrected chi connectivity index (χ1v) is 7.82. The van der Waals surface area contributed by atoms with E-state index in [1.807, 2.05) is 11.3 Å². The van der Waals surface area contributed by atoms with Crippen LogP contribution in [-0.4, -0.2) is 36.1 Å². The number of hydrogen-bond donors (Lipinski definition) is 1. The highest BCUT2D eigenvalue weighted by Crippen LogP contribution is 2.22. The molecule has 1 aromatic rings. The summed E-state index contributed by atoms with van der Waals surface area (Å²) in [5.74, 6) is 0. The van der Waals surface area contributed by atoms with Gasteiger partial charge in [0.25, 0.3) is 0 Å². The first-order valence-electron chi connectivity index (χ1n) is 7.00. The molecule has 1 aliphatic rings. The molecule has 2 rings (SSSR count). The number of hydrogen-bond acceptors (Lipinski definition) is 4. The highest BCUT2D eigenvalue weighted by Gasteiger charge is 2.18. The van der Waals surface area contributed by atoms with Gasteiger partial charge in [-0.3, -0.25) is 0 Å². The highest BCUT2D eigenvalue weighted by molar-refractivity contribution is 7.11. The quantitative estimate of drug-likeness (QED) is 0.803.